The highest BCUT2D eigenvalue weighted by Crippen LogP contribution is 2.35. The van der Waals surface area contributed by atoms with Crippen molar-refractivity contribution >= 4 is 23.2 Å². The zero-order valence-electron chi connectivity index (χ0n) is 10.1. The van der Waals surface area contributed by atoms with E-state index in [1.165, 1.54) is 4.90 Å². The average molecular weight is 249 g/mol. The second kappa shape index (κ2) is 4.56. The third kappa shape index (κ3) is 2.22. The fourth-order valence-corrected chi connectivity index (χ4v) is 1.88. The van der Waals surface area contributed by atoms with Crippen LogP contribution in [0.3, 0.4) is 0 Å². The number of nitrogens with two attached hydrogens (primary N) is 2. The minimum atomic E-state index is -0.591. The van der Waals surface area contributed by atoms with Crippen LogP contribution in [0.2, 0.25) is 0 Å². The number of ether oxygens (including phenoxy) is 1. The van der Waals surface area contributed by atoms with Gasteiger partial charge in [0.15, 0.2) is 6.10 Å². The van der Waals surface area contributed by atoms with E-state index in [0.29, 0.717) is 17.1 Å². The van der Waals surface area contributed by atoms with Crippen molar-refractivity contribution in [1.29, 1.82) is 0 Å². The molecule has 96 valence electrons. The van der Waals surface area contributed by atoms with E-state index in [9.17, 15) is 9.59 Å². The first-order valence-electron chi connectivity index (χ1n) is 5.65. The number of hydrogen-bond acceptors (Lipinski definition) is 4. The molecule has 0 saturated heterocycles. The molecule has 6 heteroatoms. The van der Waals surface area contributed by atoms with E-state index >= 15 is 0 Å². The summed E-state index contributed by atoms with van der Waals surface area (Å²) in [6, 6.07) is 5.05. The van der Waals surface area contributed by atoms with Crippen molar-refractivity contribution in [2.45, 2.75) is 19.4 Å². The second-order valence-electron chi connectivity index (χ2n) is 4.19. The molecule has 0 aromatic heterocycles. The number of hydrogen-bond donors (Lipinski definition) is 2. The number of carbonyl (C=O) groups is 2. The van der Waals surface area contributed by atoms with Crippen molar-refractivity contribution in [1.82, 2.24) is 0 Å². The molecule has 1 heterocycles. The van der Waals surface area contributed by atoms with Gasteiger partial charge < -0.3 is 21.1 Å². The van der Waals surface area contributed by atoms with Gasteiger partial charge in [0.25, 0.3) is 5.91 Å². The molecule has 4 N–H and O–H groups in total. The lowest BCUT2D eigenvalue weighted by molar-refractivity contribution is -0.125. The molecule has 1 atom stereocenters. The molecule has 0 fully saturated rings. The van der Waals surface area contributed by atoms with Crippen LogP contribution in [0.15, 0.2) is 18.2 Å². The molecule has 1 aliphatic heterocycles. The predicted molar refractivity (Wildman–Crippen MR) is 67.1 cm³/mol. The van der Waals surface area contributed by atoms with Crippen LogP contribution in [0.4, 0.5) is 11.4 Å². The highest BCUT2D eigenvalue weighted by molar-refractivity contribution is 6.00. The summed E-state index contributed by atoms with van der Waals surface area (Å²) < 4.78 is 5.47. The fourth-order valence-electron chi connectivity index (χ4n) is 1.88. The molecule has 0 bridgehead atoms. The number of carbonyl (C=O) groups excluding carboxylic acids is 2. The molecule has 1 aliphatic rings. The van der Waals surface area contributed by atoms with Gasteiger partial charge in [0.1, 0.15) is 5.75 Å². The molecule has 1 unspecified atom stereocenters. The number of benzene rings is 1. The van der Waals surface area contributed by atoms with E-state index in [4.69, 9.17) is 16.2 Å². The Labute approximate surface area is 104 Å². The molecule has 0 aliphatic carbocycles. The van der Waals surface area contributed by atoms with Gasteiger partial charge in [-0.15, -0.1) is 0 Å². The first kappa shape index (κ1) is 12.2. The SMILES string of the molecule is CC1Oc2cc(N)ccc2N(CCC(N)=O)C1=O. The average Bonchev–Trinajstić information content (AvgIpc) is 2.29. The normalized spacial score (nSPS) is 18.2. The topological polar surface area (TPSA) is 98.7 Å². The minimum Gasteiger partial charge on any atom is -0.479 e. The second-order valence-corrected chi connectivity index (χ2v) is 4.19. The number of primary amides is 1. The maximum absolute atomic E-state index is 12.0. The summed E-state index contributed by atoms with van der Waals surface area (Å²) >= 11 is 0. The van der Waals surface area contributed by atoms with Crippen molar-refractivity contribution in [2.24, 2.45) is 5.73 Å². The molecule has 18 heavy (non-hydrogen) atoms. The number of fused-ring (bicyclic) bond motifs is 1. The summed E-state index contributed by atoms with van der Waals surface area (Å²) in [5.74, 6) is -0.0842. The van der Waals surface area contributed by atoms with Gasteiger partial charge in [-0.3, -0.25) is 9.59 Å². The van der Waals surface area contributed by atoms with E-state index in [-0.39, 0.29) is 18.9 Å². The van der Waals surface area contributed by atoms with Crippen molar-refractivity contribution in [2.75, 3.05) is 17.2 Å². The molecule has 1 aromatic carbocycles. The van der Waals surface area contributed by atoms with Gasteiger partial charge in [-0.1, -0.05) is 0 Å². The predicted octanol–water partition coefficient (Wildman–Crippen LogP) is 0.258. The lowest BCUT2D eigenvalue weighted by Crippen LogP contribution is -2.45. The van der Waals surface area contributed by atoms with E-state index in [1.807, 2.05) is 0 Å². The fraction of sp³-hybridized carbons (Fsp3) is 0.333. The van der Waals surface area contributed by atoms with Crippen LogP contribution in [0.1, 0.15) is 13.3 Å². The Kier molecular flexibility index (Phi) is 3.10. The highest BCUT2D eigenvalue weighted by Gasteiger charge is 2.31. The van der Waals surface area contributed by atoms with E-state index in [1.54, 1.807) is 25.1 Å². The summed E-state index contributed by atoms with van der Waals surface area (Å²) in [6.45, 7) is 1.91. The molecule has 1 aromatic rings. The summed E-state index contributed by atoms with van der Waals surface area (Å²) in [7, 11) is 0. The smallest absolute Gasteiger partial charge is 0.267 e. The molecule has 0 radical (unpaired) electrons. The van der Waals surface area contributed by atoms with Crippen LogP contribution in [-0.4, -0.2) is 24.5 Å². The van der Waals surface area contributed by atoms with E-state index in [2.05, 4.69) is 0 Å². The third-order valence-corrected chi connectivity index (χ3v) is 2.77. The van der Waals surface area contributed by atoms with Gasteiger partial charge in [0.2, 0.25) is 5.91 Å². The lowest BCUT2D eigenvalue weighted by atomic mass is 10.1. The van der Waals surface area contributed by atoms with Crippen molar-refractivity contribution in [3.63, 3.8) is 0 Å². The number of nitrogens with zero attached hydrogens (tertiary/aromatic N) is 1. The largest absolute Gasteiger partial charge is 0.479 e. The Bertz CT molecular complexity index is 501. The number of anilines is 2. The summed E-state index contributed by atoms with van der Waals surface area (Å²) in [6.07, 6.45) is -0.477. The summed E-state index contributed by atoms with van der Waals surface area (Å²) in [5, 5.41) is 0. The molecular formula is C12H15N3O3. The van der Waals surface area contributed by atoms with Gasteiger partial charge in [0.05, 0.1) is 5.69 Å². The summed E-state index contributed by atoms with van der Waals surface area (Å²) in [4.78, 5) is 24.3. The number of nitrogen functional groups attached to an aromatic ring is 1. The van der Waals surface area contributed by atoms with Crippen LogP contribution in [-0.2, 0) is 9.59 Å². The standard InChI is InChI=1S/C12H15N3O3/c1-7-12(17)15(5-4-11(14)16)9-3-2-8(13)6-10(9)18-7/h2-3,6-7H,4-5,13H2,1H3,(H2,14,16). The van der Waals surface area contributed by atoms with Gasteiger partial charge in [-0.05, 0) is 19.1 Å². The Morgan fingerprint density at radius 2 is 2.22 bits per heavy atom. The summed E-state index contributed by atoms with van der Waals surface area (Å²) in [5.41, 5.74) is 12.0. The van der Waals surface area contributed by atoms with Crippen molar-refractivity contribution in [3.05, 3.63) is 18.2 Å². The first-order valence-corrected chi connectivity index (χ1v) is 5.65. The monoisotopic (exact) mass is 249 g/mol. The quantitative estimate of drug-likeness (QED) is 0.750. The van der Waals surface area contributed by atoms with Crippen LogP contribution in [0, 0.1) is 0 Å². The van der Waals surface area contributed by atoms with Crippen molar-refractivity contribution < 1.29 is 14.3 Å². The van der Waals surface area contributed by atoms with Crippen LogP contribution < -0.4 is 21.1 Å². The van der Waals surface area contributed by atoms with Gasteiger partial charge >= 0.3 is 0 Å². The van der Waals surface area contributed by atoms with Crippen LogP contribution in [0.25, 0.3) is 0 Å². The van der Waals surface area contributed by atoms with Crippen molar-refractivity contribution in [3.8, 4) is 5.75 Å². The molecule has 0 spiro atoms. The number of amides is 2. The van der Waals surface area contributed by atoms with E-state index < -0.39 is 12.0 Å². The van der Waals surface area contributed by atoms with E-state index in [0.717, 1.165) is 0 Å². The zero-order valence-corrected chi connectivity index (χ0v) is 10.1. The number of rotatable bonds is 3. The van der Waals surface area contributed by atoms with Crippen LogP contribution in [0.5, 0.6) is 5.75 Å². The Hall–Kier alpha value is -2.24. The molecular weight excluding hydrogens is 234 g/mol. The lowest BCUT2D eigenvalue weighted by Gasteiger charge is -2.32. The Morgan fingerprint density at radius 3 is 2.89 bits per heavy atom. The minimum absolute atomic E-state index is 0.113. The van der Waals surface area contributed by atoms with Crippen LogP contribution >= 0.6 is 0 Å². The van der Waals surface area contributed by atoms with Gasteiger partial charge in [0, 0.05) is 24.7 Å². The Morgan fingerprint density at radius 1 is 1.50 bits per heavy atom. The molecule has 2 rings (SSSR count). The highest BCUT2D eigenvalue weighted by atomic mass is 16.5. The van der Waals surface area contributed by atoms with Gasteiger partial charge in [-0.2, -0.15) is 0 Å². The Balaban J connectivity index is 2.33. The molecule has 0 saturated carbocycles. The van der Waals surface area contributed by atoms with Gasteiger partial charge in [-0.25, -0.2) is 0 Å². The maximum atomic E-state index is 12.0. The molecule has 2 amide bonds. The first-order chi connectivity index (χ1) is 8.49. The molecule has 6 nitrogen and oxygen atoms in total. The zero-order chi connectivity index (χ0) is 13.3. The third-order valence-electron chi connectivity index (χ3n) is 2.77. The maximum Gasteiger partial charge on any atom is 0.267 e.